The molecule has 1 N–H and O–H groups in total. The lowest BCUT2D eigenvalue weighted by molar-refractivity contribution is 0.0385. The lowest BCUT2D eigenvalue weighted by Gasteiger charge is -2.27. The highest BCUT2D eigenvalue weighted by Crippen LogP contribution is 2.31. The van der Waals surface area contributed by atoms with Gasteiger partial charge in [0.25, 0.3) is 0 Å². The molecular weight excluding hydrogens is 200 g/mol. The SMILES string of the molecule is CN(C)CCOC1CCNc2ccccc21. The van der Waals surface area contributed by atoms with Gasteiger partial charge in [-0.25, -0.2) is 0 Å². The van der Waals surface area contributed by atoms with Crippen molar-refractivity contribution in [1.82, 2.24) is 4.90 Å². The number of benzene rings is 1. The van der Waals surface area contributed by atoms with Crippen LogP contribution in [0.25, 0.3) is 0 Å². The van der Waals surface area contributed by atoms with Gasteiger partial charge in [0.1, 0.15) is 0 Å². The summed E-state index contributed by atoms with van der Waals surface area (Å²) in [6.45, 7) is 2.78. The summed E-state index contributed by atoms with van der Waals surface area (Å²) in [6.07, 6.45) is 1.32. The number of rotatable bonds is 4. The Kier molecular flexibility index (Phi) is 3.80. The van der Waals surface area contributed by atoms with Crippen LogP contribution in [0.3, 0.4) is 0 Å². The number of hydrogen-bond donors (Lipinski definition) is 1. The maximum absolute atomic E-state index is 5.94. The Labute approximate surface area is 97.4 Å². The number of nitrogens with zero attached hydrogens (tertiary/aromatic N) is 1. The van der Waals surface area contributed by atoms with E-state index >= 15 is 0 Å². The van der Waals surface area contributed by atoms with Crippen LogP contribution in [0.4, 0.5) is 5.69 Å². The van der Waals surface area contributed by atoms with E-state index in [0.29, 0.717) is 0 Å². The molecular formula is C13H20N2O. The van der Waals surface area contributed by atoms with Crippen molar-refractivity contribution in [3.63, 3.8) is 0 Å². The second-order valence-corrected chi connectivity index (χ2v) is 4.47. The monoisotopic (exact) mass is 220 g/mol. The fraction of sp³-hybridized carbons (Fsp3) is 0.538. The summed E-state index contributed by atoms with van der Waals surface area (Å²) in [7, 11) is 4.14. The Hall–Kier alpha value is -1.06. The molecule has 2 rings (SSSR count). The lowest BCUT2D eigenvalue weighted by atomic mass is 10.0. The molecule has 0 spiro atoms. The molecule has 0 bridgehead atoms. The van der Waals surface area contributed by atoms with E-state index in [-0.39, 0.29) is 6.10 Å². The van der Waals surface area contributed by atoms with Crippen molar-refractivity contribution < 1.29 is 4.74 Å². The Balaban J connectivity index is 1.96. The average molecular weight is 220 g/mol. The first-order valence-corrected chi connectivity index (χ1v) is 5.86. The van der Waals surface area contributed by atoms with E-state index in [9.17, 15) is 0 Å². The zero-order chi connectivity index (χ0) is 11.4. The number of ether oxygens (including phenoxy) is 1. The third kappa shape index (κ3) is 2.74. The molecule has 0 fully saturated rings. The number of nitrogens with one attached hydrogen (secondary N) is 1. The highest BCUT2D eigenvalue weighted by atomic mass is 16.5. The molecule has 0 radical (unpaired) electrons. The first-order chi connectivity index (χ1) is 7.77. The van der Waals surface area contributed by atoms with Crippen LogP contribution in [0, 0.1) is 0 Å². The molecule has 3 heteroatoms. The van der Waals surface area contributed by atoms with E-state index in [4.69, 9.17) is 4.74 Å². The smallest absolute Gasteiger partial charge is 0.0862 e. The van der Waals surface area contributed by atoms with Crippen LogP contribution >= 0.6 is 0 Å². The number of hydrogen-bond acceptors (Lipinski definition) is 3. The van der Waals surface area contributed by atoms with Crippen molar-refractivity contribution in [3.05, 3.63) is 29.8 Å². The summed E-state index contributed by atoms with van der Waals surface area (Å²) in [6, 6.07) is 8.42. The number of likely N-dealkylation sites (N-methyl/N-ethyl adjacent to an activating group) is 1. The molecule has 0 saturated carbocycles. The minimum atomic E-state index is 0.261. The Morgan fingerprint density at radius 3 is 3.00 bits per heavy atom. The van der Waals surface area contributed by atoms with E-state index in [1.165, 1.54) is 11.3 Å². The molecule has 1 aromatic carbocycles. The topological polar surface area (TPSA) is 24.5 Å². The Bertz CT molecular complexity index is 338. The van der Waals surface area contributed by atoms with Gasteiger partial charge >= 0.3 is 0 Å². The second kappa shape index (κ2) is 5.32. The molecule has 16 heavy (non-hydrogen) atoms. The van der Waals surface area contributed by atoms with Gasteiger partial charge in [-0.3, -0.25) is 0 Å². The Morgan fingerprint density at radius 1 is 1.38 bits per heavy atom. The van der Waals surface area contributed by atoms with Gasteiger partial charge in [0, 0.05) is 24.3 Å². The molecule has 0 aliphatic carbocycles. The summed E-state index contributed by atoms with van der Waals surface area (Å²) in [4.78, 5) is 2.15. The summed E-state index contributed by atoms with van der Waals surface area (Å²) in [5.41, 5.74) is 2.52. The first-order valence-electron chi connectivity index (χ1n) is 5.86. The second-order valence-electron chi connectivity index (χ2n) is 4.47. The van der Waals surface area contributed by atoms with Crippen LogP contribution in [0.2, 0.25) is 0 Å². The predicted molar refractivity (Wildman–Crippen MR) is 66.8 cm³/mol. The van der Waals surface area contributed by atoms with Gasteiger partial charge in [0.15, 0.2) is 0 Å². The molecule has 1 atom stereocenters. The molecule has 1 aliphatic heterocycles. The van der Waals surface area contributed by atoms with Gasteiger partial charge in [0.05, 0.1) is 12.7 Å². The lowest BCUT2D eigenvalue weighted by Crippen LogP contribution is -2.23. The summed E-state index contributed by atoms with van der Waals surface area (Å²) in [5.74, 6) is 0. The molecule has 88 valence electrons. The highest BCUT2D eigenvalue weighted by Gasteiger charge is 2.19. The third-order valence-electron chi connectivity index (χ3n) is 2.89. The third-order valence-corrected chi connectivity index (χ3v) is 2.89. The van der Waals surface area contributed by atoms with E-state index in [1.54, 1.807) is 0 Å². The fourth-order valence-electron chi connectivity index (χ4n) is 1.98. The van der Waals surface area contributed by atoms with Crippen molar-refractivity contribution in [2.24, 2.45) is 0 Å². The molecule has 1 aliphatic rings. The van der Waals surface area contributed by atoms with Crippen LogP contribution < -0.4 is 5.32 Å². The van der Waals surface area contributed by atoms with Crippen molar-refractivity contribution in [1.29, 1.82) is 0 Å². The van der Waals surface area contributed by atoms with Gasteiger partial charge in [-0.15, -0.1) is 0 Å². The molecule has 3 nitrogen and oxygen atoms in total. The molecule has 0 aromatic heterocycles. The first kappa shape index (κ1) is 11.4. The summed E-state index contributed by atoms with van der Waals surface area (Å²) < 4.78 is 5.94. The van der Waals surface area contributed by atoms with Gasteiger partial charge in [-0.05, 0) is 26.6 Å². The summed E-state index contributed by atoms with van der Waals surface area (Å²) >= 11 is 0. The molecule has 1 heterocycles. The number of anilines is 1. The van der Waals surface area contributed by atoms with Gasteiger partial charge in [0.2, 0.25) is 0 Å². The quantitative estimate of drug-likeness (QED) is 0.841. The summed E-state index contributed by atoms with van der Waals surface area (Å²) in [5, 5.41) is 3.40. The van der Waals surface area contributed by atoms with Gasteiger partial charge in [-0.1, -0.05) is 18.2 Å². The van der Waals surface area contributed by atoms with Crippen LogP contribution in [0.5, 0.6) is 0 Å². The predicted octanol–water partition coefficient (Wildman–Crippen LogP) is 2.12. The van der Waals surface area contributed by atoms with Crippen LogP contribution in [0.1, 0.15) is 18.1 Å². The standard InChI is InChI=1S/C13H20N2O/c1-15(2)9-10-16-13-7-8-14-12-6-4-3-5-11(12)13/h3-6,13-14H,7-10H2,1-2H3. The molecule has 1 unspecified atom stereocenters. The van der Waals surface area contributed by atoms with E-state index < -0.39 is 0 Å². The van der Waals surface area contributed by atoms with E-state index in [2.05, 4.69) is 48.6 Å². The van der Waals surface area contributed by atoms with Gasteiger partial charge < -0.3 is 15.0 Å². The van der Waals surface area contributed by atoms with Crippen molar-refractivity contribution in [3.8, 4) is 0 Å². The molecule has 0 saturated heterocycles. The minimum absolute atomic E-state index is 0.261. The van der Waals surface area contributed by atoms with Crippen molar-refractivity contribution in [2.75, 3.05) is 39.1 Å². The molecule has 1 aromatic rings. The molecule has 0 amide bonds. The van der Waals surface area contributed by atoms with Crippen molar-refractivity contribution in [2.45, 2.75) is 12.5 Å². The average Bonchev–Trinajstić information content (AvgIpc) is 2.29. The maximum atomic E-state index is 5.94. The normalized spacial score (nSPS) is 19.3. The number of para-hydroxylation sites is 1. The fourth-order valence-corrected chi connectivity index (χ4v) is 1.98. The van der Waals surface area contributed by atoms with Crippen LogP contribution in [-0.4, -0.2) is 38.7 Å². The van der Waals surface area contributed by atoms with Crippen molar-refractivity contribution >= 4 is 5.69 Å². The van der Waals surface area contributed by atoms with Crippen LogP contribution in [-0.2, 0) is 4.74 Å². The largest absolute Gasteiger partial charge is 0.385 e. The Morgan fingerprint density at radius 2 is 2.19 bits per heavy atom. The minimum Gasteiger partial charge on any atom is -0.385 e. The van der Waals surface area contributed by atoms with E-state index in [1.807, 2.05) is 0 Å². The maximum Gasteiger partial charge on any atom is 0.0862 e. The van der Waals surface area contributed by atoms with Crippen LogP contribution in [0.15, 0.2) is 24.3 Å². The zero-order valence-electron chi connectivity index (χ0n) is 10.1. The van der Waals surface area contributed by atoms with Gasteiger partial charge in [-0.2, -0.15) is 0 Å². The van der Waals surface area contributed by atoms with E-state index in [0.717, 1.165) is 26.1 Å². The zero-order valence-corrected chi connectivity index (χ0v) is 10.1. The highest BCUT2D eigenvalue weighted by molar-refractivity contribution is 5.53. The number of fused-ring (bicyclic) bond motifs is 1.